The zero-order valence-electron chi connectivity index (χ0n) is 12.1. The minimum Gasteiger partial charge on any atom is -0.381 e. The highest BCUT2D eigenvalue weighted by Gasteiger charge is 2.31. The second kappa shape index (κ2) is 6.06. The molecule has 1 fully saturated rings. The van der Waals surface area contributed by atoms with Gasteiger partial charge in [0, 0.05) is 29.3 Å². The minimum atomic E-state index is 0.0581. The van der Waals surface area contributed by atoms with Gasteiger partial charge in [-0.25, -0.2) is 0 Å². The van der Waals surface area contributed by atoms with Crippen LogP contribution in [0, 0.1) is 0 Å². The molecule has 21 heavy (non-hydrogen) atoms. The van der Waals surface area contributed by atoms with E-state index in [4.69, 9.17) is 0 Å². The SMILES string of the molecule is CCn1cc(NC2CC(c3ccccc3Br)C2)ccc1=O. The number of hydrogen-bond acceptors (Lipinski definition) is 2. The van der Waals surface area contributed by atoms with Crippen LogP contribution >= 0.6 is 15.9 Å². The van der Waals surface area contributed by atoms with Gasteiger partial charge in [0.1, 0.15) is 0 Å². The first-order valence-corrected chi connectivity index (χ1v) is 8.18. The summed E-state index contributed by atoms with van der Waals surface area (Å²) in [4.78, 5) is 11.6. The van der Waals surface area contributed by atoms with Crippen LogP contribution in [-0.4, -0.2) is 10.6 Å². The molecule has 110 valence electrons. The van der Waals surface area contributed by atoms with Gasteiger partial charge in [0.25, 0.3) is 5.56 Å². The molecule has 0 unspecified atom stereocenters. The Morgan fingerprint density at radius 1 is 1.24 bits per heavy atom. The molecule has 1 heterocycles. The molecule has 0 atom stereocenters. The van der Waals surface area contributed by atoms with Crippen molar-refractivity contribution in [1.82, 2.24) is 4.57 Å². The van der Waals surface area contributed by atoms with Crippen LogP contribution in [0.2, 0.25) is 0 Å². The van der Waals surface area contributed by atoms with Crippen LogP contribution in [0.3, 0.4) is 0 Å². The molecular weight excluding hydrogens is 328 g/mol. The lowest BCUT2D eigenvalue weighted by molar-refractivity contribution is 0.373. The van der Waals surface area contributed by atoms with Crippen molar-refractivity contribution in [2.75, 3.05) is 5.32 Å². The molecular formula is C17H19BrN2O. The number of aromatic nitrogens is 1. The topological polar surface area (TPSA) is 34.0 Å². The predicted molar refractivity (Wildman–Crippen MR) is 89.9 cm³/mol. The molecule has 1 saturated carbocycles. The van der Waals surface area contributed by atoms with E-state index in [0.29, 0.717) is 18.5 Å². The van der Waals surface area contributed by atoms with Gasteiger partial charge in [-0.2, -0.15) is 0 Å². The standard InChI is InChI=1S/C17H19BrN2O/c1-2-20-11-13(7-8-17(20)21)19-14-9-12(10-14)15-5-3-4-6-16(15)18/h3-8,11-12,14,19H,2,9-10H2,1H3. The van der Waals surface area contributed by atoms with Gasteiger partial charge in [0.2, 0.25) is 0 Å². The van der Waals surface area contributed by atoms with E-state index in [1.54, 1.807) is 10.6 Å². The molecule has 0 spiro atoms. The van der Waals surface area contributed by atoms with E-state index >= 15 is 0 Å². The van der Waals surface area contributed by atoms with Gasteiger partial charge in [0.05, 0.1) is 5.69 Å². The number of pyridine rings is 1. The molecule has 1 N–H and O–H groups in total. The molecule has 4 heteroatoms. The Morgan fingerprint density at radius 2 is 2.00 bits per heavy atom. The van der Waals surface area contributed by atoms with Crippen LogP contribution in [0.5, 0.6) is 0 Å². The maximum Gasteiger partial charge on any atom is 0.250 e. The molecule has 3 rings (SSSR count). The van der Waals surface area contributed by atoms with Crippen molar-refractivity contribution < 1.29 is 0 Å². The van der Waals surface area contributed by atoms with E-state index < -0.39 is 0 Å². The van der Waals surface area contributed by atoms with Gasteiger partial charge < -0.3 is 9.88 Å². The molecule has 3 nitrogen and oxygen atoms in total. The van der Waals surface area contributed by atoms with Gasteiger partial charge in [-0.1, -0.05) is 34.1 Å². The normalized spacial score (nSPS) is 20.9. The fourth-order valence-corrected chi connectivity index (χ4v) is 3.50. The van der Waals surface area contributed by atoms with Crippen molar-refractivity contribution in [2.45, 2.75) is 38.3 Å². The van der Waals surface area contributed by atoms with Crippen LogP contribution in [0.4, 0.5) is 5.69 Å². The highest BCUT2D eigenvalue weighted by atomic mass is 79.9. The Hall–Kier alpha value is -1.55. The predicted octanol–water partition coefficient (Wildman–Crippen LogP) is 3.99. The molecule has 0 amide bonds. The Labute approximate surface area is 133 Å². The number of aryl methyl sites for hydroxylation is 1. The summed E-state index contributed by atoms with van der Waals surface area (Å²) in [5.74, 6) is 0.621. The third-order valence-corrected chi connectivity index (χ3v) is 4.90. The summed E-state index contributed by atoms with van der Waals surface area (Å²) >= 11 is 3.63. The highest BCUT2D eigenvalue weighted by molar-refractivity contribution is 9.10. The molecule has 0 aliphatic heterocycles. The van der Waals surface area contributed by atoms with Gasteiger partial charge in [-0.05, 0) is 43.4 Å². The monoisotopic (exact) mass is 346 g/mol. The average molecular weight is 347 g/mol. The first kappa shape index (κ1) is 14.4. The molecule has 0 radical (unpaired) electrons. The first-order chi connectivity index (χ1) is 10.2. The fraction of sp³-hybridized carbons (Fsp3) is 0.353. The molecule has 1 aliphatic rings. The zero-order valence-corrected chi connectivity index (χ0v) is 13.6. The lowest BCUT2D eigenvalue weighted by Gasteiger charge is -2.37. The highest BCUT2D eigenvalue weighted by Crippen LogP contribution is 2.41. The molecule has 1 aromatic heterocycles. The lowest BCUT2D eigenvalue weighted by Crippen LogP contribution is -2.34. The van der Waals surface area contributed by atoms with E-state index in [0.717, 1.165) is 18.5 Å². The lowest BCUT2D eigenvalue weighted by atomic mass is 9.76. The van der Waals surface area contributed by atoms with E-state index in [-0.39, 0.29) is 5.56 Å². The van der Waals surface area contributed by atoms with Crippen molar-refractivity contribution in [3.8, 4) is 0 Å². The van der Waals surface area contributed by atoms with Crippen molar-refractivity contribution in [2.24, 2.45) is 0 Å². The van der Waals surface area contributed by atoms with Gasteiger partial charge in [0.15, 0.2) is 0 Å². The summed E-state index contributed by atoms with van der Waals surface area (Å²) in [6, 6.07) is 12.4. The number of benzene rings is 1. The fourth-order valence-electron chi connectivity index (χ4n) is 2.90. The van der Waals surface area contributed by atoms with Crippen LogP contribution in [-0.2, 0) is 6.54 Å². The summed E-state index contributed by atoms with van der Waals surface area (Å²) < 4.78 is 2.93. The largest absolute Gasteiger partial charge is 0.381 e. The van der Waals surface area contributed by atoms with Gasteiger partial charge in [-0.15, -0.1) is 0 Å². The second-order valence-corrected chi connectivity index (χ2v) is 6.43. The van der Waals surface area contributed by atoms with Crippen molar-refractivity contribution in [3.63, 3.8) is 0 Å². The molecule has 1 aromatic carbocycles. The zero-order chi connectivity index (χ0) is 14.8. The number of hydrogen-bond donors (Lipinski definition) is 1. The number of anilines is 1. The van der Waals surface area contributed by atoms with Crippen LogP contribution < -0.4 is 10.9 Å². The number of rotatable bonds is 4. The first-order valence-electron chi connectivity index (χ1n) is 7.39. The Balaban J connectivity index is 1.63. The minimum absolute atomic E-state index is 0.0581. The third kappa shape index (κ3) is 3.05. The molecule has 0 bridgehead atoms. The Morgan fingerprint density at radius 3 is 2.71 bits per heavy atom. The summed E-state index contributed by atoms with van der Waals surface area (Å²) in [6.45, 7) is 2.69. The van der Waals surface area contributed by atoms with Crippen molar-refractivity contribution >= 4 is 21.6 Å². The van der Waals surface area contributed by atoms with Crippen LogP contribution in [0.1, 0.15) is 31.2 Å². The maximum absolute atomic E-state index is 11.6. The van der Waals surface area contributed by atoms with Gasteiger partial charge in [-0.3, -0.25) is 4.79 Å². The average Bonchev–Trinajstić information content (AvgIpc) is 2.45. The summed E-state index contributed by atoms with van der Waals surface area (Å²) in [5, 5.41) is 3.52. The summed E-state index contributed by atoms with van der Waals surface area (Å²) in [7, 11) is 0. The van der Waals surface area contributed by atoms with Crippen LogP contribution in [0.25, 0.3) is 0 Å². The molecule has 1 aliphatic carbocycles. The van der Waals surface area contributed by atoms with Crippen molar-refractivity contribution in [3.05, 3.63) is 63.0 Å². The van der Waals surface area contributed by atoms with Crippen LogP contribution in [0.15, 0.2) is 51.9 Å². The number of nitrogens with zero attached hydrogens (tertiary/aromatic N) is 1. The Kier molecular flexibility index (Phi) is 4.15. The number of halogens is 1. The van der Waals surface area contributed by atoms with E-state index in [1.165, 1.54) is 10.0 Å². The van der Waals surface area contributed by atoms with E-state index in [1.807, 2.05) is 19.2 Å². The summed E-state index contributed by atoms with van der Waals surface area (Å²) in [6.07, 6.45) is 4.18. The van der Waals surface area contributed by atoms with E-state index in [2.05, 4.69) is 45.5 Å². The molecule has 0 saturated heterocycles. The van der Waals surface area contributed by atoms with E-state index in [9.17, 15) is 4.79 Å². The maximum atomic E-state index is 11.6. The smallest absolute Gasteiger partial charge is 0.250 e. The summed E-state index contributed by atoms with van der Waals surface area (Å²) in [5.41, 5.74) is 2.49. The third-order valence-electron chi connectivity index (χ3n) is 4.18. The van der Waals surface area contributed by atoms with Crippen molar-refractivity contribution in [1.29, 1.82) is 0 Å². The number of nitrogens with one attached hydrogen (secondary N) is 1. The Bertz CT molecular complexity index is 689. The van der Waals surface area contributed by atoms with Gasteiger partial charge >= 0.3 is 0 Å². The quantitative estimate of drug-likeness (QED) is 0.908. The molecule has 2 aromatic rings. The second-order valence-electron chi connectivity index (χ2n) is 5.57.